The van der Waals surface area contributed by atoms with E-state index in [0.717, 1.165) is 5.69 Å². The molecule has 1 amide bonds. The lowest BCUT2D eigenvalue weighted by atomic mass is 9.95. The number of benzene rings is 2. The molecule has 0 bridgehead atoms. The molecule has 2 aromatic carbocycles. The summed E-state index contributed by atoms with van der Waals surface area (Å²) in [4.78, 5) is 12.1. The van der Waals surface area contributed by atoms with E-state index in [9.17, 15) is 4.79 Å². The van der Waals surface area contributed by atoms with E-state index in [4.69, 9.17) is 0 Å². The minimum absolute atomic E-state index is 0.0469. The van der Waals surface area contributed by atoms with Crippen molar-refractivity contribution in [1.82, 2.24) is 0 Å². The van der Waals surface area contributed by atoms with Crippen molar-refractivity contribution in [3.63, 3.8) is 0 Å². The van der Waals surface area contributed by atoms with E-state index in [1.165, 1.54) is 22.3 Å². The Balaban J connectivity index is 1.96. The van der Waals surface area contributed by atoms with Gasteiger partial charge in [-0.25, -0.2) is 0 Å². The first-order chi connectivity index (χ1) is 9.88. The molecule has 0 spiro atoms. The minimum Gasteiger partial charge on any atom is -0.326 e. The van der Waals surface area contributed by atoms with E-state index in [1.807, 2.05) is 26.8 Å². The maximum Gasteiger partial charge on any atom is 0.229 e. The quantitative estimate of drug-likeness (QED) is 0.798. The summed E-state index contributed by atoms with van der Waals surface area (Å²) in [5.74, 6) is 0.424. The van der Waals surface area contributed by atoms with Crippen molar-refractivity contribution >= 4 is 11.6 Å². The van der Waals surface area contributed by atoms with Gasteiger partial charge in [0.1, 0.15) is 0 Å². The van der Waals surface area contributed by atoms with Crippen LogP contribution in [-0.4, -0.2) is 5.91 Å². The zero-order valence-corrected chi connectivity index (χ0v) is 13.0. The fraction of sp³-hybridized carbons (Fsp3) is 0.316. The standard InChI is InChI=1S/C19H21NO/c1-12-14-7-5-6-8-15(14)16-10-9-13(11-17(12)16)20-18(21)19(2,3)4/h5-12H,1-4H3,(H,20,21). The molecule has 0 aliphatic heterocycles. The van der Waals surface area contributed by atoms with Crippen LogP contribution in [0.25, 0.3) is 11.1 Å². The van der Waals surface area contributed by atoms with Crippen molar-refractivity contribution in [2.45, 2.75) is 33.6 Å². The SMILES string of the molecule is CC1c2ccccc2-c2ccc(NC(=O)C(C)(C)C)cc21. The number of anilines is 1. The predicted octanol–water partition coefficient (Wildman–Crippen LogP) is 4.80. The summed E-state index contributed by atoms with van der Waals surface area (Å²) in [6.07, 6.45) is 0. The number of fused-ring (bicyclic) bond motifs is 3. The van der Waals surface area contributed by atoms with Gasteiger partial charge in [-0.2, -0.15) is 0 Å². The monoisotopic (exact) mass is 279 g/mol. The van der Waals surface area contributed by atoms with Crippen LogP contribution >= 0.6 is 0 Å². The van der Waals surface area contributed by atoms with Gasteiger partial charge in [-0.3, -0.25) is 4.79 Å². The number of carbonyl (C=O) groups excluding carboxylic acids is 1. The molecule has 0 aromatic heterocycles. The van der Waals surface area contributed by atoms with Gasteiger partial charge in [0.2, 0.25) is 5.91 Å². The highest BCUT2D eigenvalue weighted by molar-refractivity contribution is 5.95. The second-order valence-corrected chi connectivity index (χ2v) is 6.82. The molecule has 0 saturated heterocycles. The van der Waals surface area contributed by atoms with Crippen LogP contribution in [0, 0.1) is 5.41 Å². The van der Waals surface area contributed by atoms with E-state index in [0.29, 0.717) is 5.92 Å². The maximum absolute atomic E-state index is 12.1. The molecular formula is C19H21NO. The molecule has 2 aromatic rings. The van der Waals surface area contributed by atoms with Crippen molar-refractivity contribution in [2.75, 3.05) is 5.32 Å². The Bertz CT molecular complexity index is 710. The highest BCUT2D eigenvalue weighted by Crippen LogP contribution is 2.45. The molecule has 1 unspecified atom stereocenters. The van der Waals surface area contributed by atoms with Gasteiger partial charge in [-0.15, -0.1) is 0 Å². The zero-order chi connectivity index (χ0) is 15.2. The minimum atomic E-state index is -0.381. The fourth-order valence-electron chi connectivity index (χ4n) is 2.85. The first-order valence-corrected chi connectivity index (χ1v) is 7.42. The van der Waals surface area contributed by atoms with Crippen LogP contribution in [0.4, 0.5) is 5.69 Å². The molecule has 2 heteroatoms. The highest BCUT2D eigenvalue weighted by Gasteiger charge is 2.26. The van der Waals surface area contributed by atoms with E-state index in [1.54, 1.807) is 0 Å². The lowest BCUT2D eigenvalue weighted by molar-refractivity contribution is -0.123. The van der Waals surface area contributed by atoms with Crippen LogP contribution in [0.5, 0.6) is 0 Å². The van der Waals surface area contributed by atoms with E-state index in [-0.39, 0.29) is 11.3 Å². The molecule has 0 heterocycles. The van der Waals surface area contributed by atoms with E-state index in [2.05, 4.69) is 48.6 Å². The summed E-state index contributed by atoms with van der Waals surface area (Å²) in [7, 11) is 0. The second kappa shape index (κ2) is 4.73. The van der Waals surface area contributed by atoms with Crippen LogP contribution in [0.3, 0.4) is 0 Å². The van der Waals surface area contributed by atoms with E-state index >= 15 is 0 Å². The molecule has 1 aliphatic rings. The Hall–Kier alpha value is -2.09. The summed E-state index contributed by atoms with van der Waals surface area (Å²) < 4.78 is 0. The smallest absolute Gasteiger partial charge is 0.229 e. The fourth-order valence-corrected chi connectivity index (χ4v) is 2.85. The number of rotatable bonds is 1. The molecule has 2 nitrogen and oxygen atoms in total. The Kier molecular flexibility index (Phi) is 3.12. The Morgan fingerprint density at radius 1 is 1.00 bits per heavy atom. The maximum atomic E-state index is 12.1. The van der Waals surface area contributed by atoms with Crippen LogP contribution in [0.15, 0.2) is 42.5 Å². The number of hydrogen-bond donors (Lipinski definition) is 1. The number of nitrogens with one attached hydrogen (secondary N) is 1. The highest BCUT2D eigenvalue weighted by atomic mass is 16.2. The Labute approximate surface area is 126 Å². The third-order valence-electron chi connectivity index (χ3n) is 4.17. The normalized spacial score (nSPS) is 16.3. The molecule has 1 atom stereocenters. The topological polar surface area (TPSA) is 29.1 Å². The van der Waals surface area contributed by atoms with Gasteiger partial charge in [0.25, 0.3) is 0 Å². The molecule has 0 radical (unpaired) electrons. The summed E-state index contributed by atoms with van der Waals surface area (Å²) in [5, 5.41) is 3.02. The molecular weight excluding hydrogens is 258 g/mol. The number of carbonyl (C=O) groups is 1. The van der Waals surface area contributed by atoms with Crippen LogP contribution in [-0.2, 0) is 4.79 Å². The second-order valence-electron chi connectivity index (χ2n) is 6.82. The lowest BCUT2D eigenvalue weighted by Crippen LogP contribution is -2.27. The predicted molar refractivity (Wildman–Crippen MR) is 87.5 cm³/mol. The van der Waals surface area contributed by atoms with Gasteiger partial charge in [-0.1, -0.05) is 58.0 Å². The molecule has 108 valence electrons. The first kappa shape index (κ1) is 13.9. The van der Waals surface area contributed by atoms with Crippen molar-refractivity contribution in [2.24, 2.45) is 5.41 Å². The van der Waals surface area contributed by atoms with Gasteiger partial charge in [-0.05, 0) is 34.4 Å². The van der Waals surface area contributed by atoms with Gasteiger partial charge < -0.3 is 5.32 Å². The molecule has 0 saturated carbocycles. The van der Waals surface area contributed by atoms with Crippen molar-refractivity contribution in [3.05, 3.63) is 53.6 Å². The van der Waals surface area contributed by atoms with Gasteiger partial charge in [0.15, 0.2) is 0 Å². The van der Waals surface area contributed by atoms with Gasteiger partial charge in [0, 0.05) is 17.0 Å². The zero-order valence-electron chi connectivity index (χ0n) is 13.0. The van der Waals surface area contributed by atoms with Crippen LogP contribution in [0.2, 0.25) is 0 Å². The third-order valence-corrected chi connectivity index (χ3v) is 4.17. The van der Waals surface area contributed by atoms with Crippen LogP contribution < -0.4 is 5.32 Å². The summed E-state index contributed by atoms with van der Waals surface area (Å²) in [5.41, 5.74) is 5.76. The molecule has 1 aliphatic carbocycles. The van der Waals surface area contributed by atoms with Crippen LogP contribution in [0.1, 0.15) is 44.7 Å². The summed E-state index contributed by atoms with van der Waals surface area (Å²) in [6, 6.07) is 14.8. The summed E-state index contributed by atoms with van der Waals surface area (Å²) >= 11 is 0. The largest absolute Gasteiger partial charge is 0.326 e. The van der Waals surface area contributed by atoms with Crippen molar-refractivity contribution < 1.29 is 4.79 Å². The summed E-state index contributed by atoms with van der Waals surface area (Å²) in [6.45, 7) is 8.00. The van der Waals surface area contributed by atoms with Gasteiger partial charge in [0.05, 0.1) is 0 Å². The van der Waals surface area contributed by atoms with E-state index < -0.39 is 0 Å². The third kappa shape index (κ3) is 2.35. The average Bonchev–Trinajstić information content (AvgIpc) is 2.72. The van der Waals surface area contributed by atoms with Crippen molar-refractivity contribution in [3.8, 4) is 11.1 Å². The molecule has 1 N–H and O–H groups in total. The molecule has 21 heavy (non-hydrogen) atoms. The number of hydrogen-bond acceptors (Lipinski definition) is 1. The molecule has 3 rings (SSSR count). The Morgan fingerprint density at radius 3 is 2.38 bits per heavy atom. The molecule has 0 fully saturated rings. The first-order valence-electron chi connectivity index (χ1n) is 7.42. The van der Waals surface area contributed by atoms with Gasteiger partial charge >= 0.3 is 0 Å². The average molecular weight is 279 g/mol. The Morgan fingerprint density at radius 2 is 1.67 bits per heavy atom. The lowest BCUT2D eigenvalue weighted by Gasteiger charge is -2.18. The van der Waals surface area contributed by atoms with Crippen molar-refractivity contribution in [1.29, 1.82) is 0 Å². The number of amides is 1.